The van der Waals surface area contributed by atoms with E-state index < -0.39 is 9.84 Å². The predicted octanol–water partition coefficient (Wildman–Crippen LogP) is 4.45. The van der Waals surface area contributed by atoms with Gasteiger partial charge in [-0.05, 0) is 30.7 Å². The van der Waals surface area contributed by atoms with Crippen molar-refractivity contribution in [2.45, 2.75) is 17.9 Å². The average molecular weight is 394 g/mol. The summed E-state index contributed by atoms with van der Waals surface area (Å²) in [6.45, 7) is 1.84. The third kappa shape index (κ3) is 3.71. The third-order valence-corrected chi connectivity index (χ3v) is 6.70. The van der Waals surface area contributed by atoms with E-state index in [-0.39, 0.29) is 16.8 Å². The molecular formula is C18H16ClNO3S2. The van der Waals surface area contributed by atoms with E-state index in [1.165, 1.54) is 11.3 Å². The largest absolute Gasteiger partial charge is 0.345 e. The van der Waals surface area contributed by atoms with Crippen LogP contribution in [0.25, 0.3) is 10.1 Å². The summed E-state index contributed by atoms with van der Waals surface area (Å²) in [4.78, 5) is 13.3. The predicted molar refractivity (Wildman–Crippen MR) is 102 cm³/mol. The zero-order valence-electron chi connectivity index (χ0n) is 13.6. The van der Waals surface area contributed by atoms with E-state index in [2.05, 4.69) is 5.32 Å². The Morgan fingerprint density at radius 2 is 1.76 bits per heavy atom. The summed E-state index contributed by atoms with van der Waals surface area (Å²) in [6.07, 6.45) is 1.16. The van der Waals surface area contributed by atoms with E-state index in [0.717, 1.165) is 21.9 Å². The summed E-state index contributed by atoms with van der Waals surface area (Å²) in [7, 11) is -3.23. The van der Waals surface area contributed by atoms with Crippen LogP contribution < -0.4 is 5.32 Å². The van der Waals surface area contributed by atoms with Crippen LogP contribution in [-0.2, 0) is 9.84 Å². The zero-order valence-corrected chi connectivity index (χ0v) is 16.0. The van der Waals surface area contributed by atoms with Gasteiger partial charge in [0.05, 0.1) is 16.0 Å². The lowest BCUT2D eigenvalue weighted by molar-refractivity contribution is 0.0944. The minimum Gasteiger partial charge on any atom is -0.345 e. The van der Waals surface area contributed by atoms with Gasteiger partial charge >= 0.3 is 0 Å². The van der Waals surface area contributed by atoms with E-state index in [4.69, 9.17) is 11.6 Å². The highest BCUT2D eigenvalue weighted by Crippen LogP contribution is 2.35. The van der Waals surface area contributed by atoms with Crippen LogP contribution in [0.2, 0.25) is 5.02 Å². The lowest BCUT2D eigenvalue weighted by Gasteiger charge is -2.14. The van der Waals surface area contributed by atoms with Gasteiger partial charge in [-0.2, -0.15) is 0 Å². The minimum absolute atomic E-state index is 0.245. The zero-order chi connectivity index (χ0) is 18.2. The highest BCUT2D eigenvalue weighted by atomic mass is 35.5. The van der Waals surface area contributed by atoms with Gasteiger partial charge in [0, 0.05) is 16.3 Å². The maximum Gasteiger partial charge on any atom is 0.263 e. The van der Waals surface area contributed by atoms with Crippen molar-refractivity contribution < 1.29 is 13.2 Å². The molecule has 1 aromatic heterocycles. The van der Waals surface area contributed by atoms with Gasteiger partial charge in [0.15, 0.2) is 9.84 Å². The summed E-state index contributed by atoms with van der Waals surface area (Å²) in [5.41, 5.74) is 0.818. The van der Waals surface area contributed by atoms with Gasteiger partial charge in [-0.3, -0.25) is 4.79 Å². The summed E-state index contributed by atoms with van der Waals surface area (Å²) in [5.74, 6) is -0.245. The van der Waals surface area contributed by atoms with Gasteiger partial charge in [0.1, 0.15) is 4.88 Å². The summed E-state index contributed by atoms with van der Waals surface area (Å²) < 4.78 is 24.0. The molecule has 7 heteroatoms. The van der Waals surface area contributed by atoms with Crippen molar-refractivity contribution in [2.75, 3.05) is 6.26 Å². The molecule has 3 rings (SSSR count). The molecule has 1 amide bonds. The van der Waals surface area contributed by atoms with E-state index in [0.29, 0.717) is 9.90 Å². The van der Waals surface area contributed by atoms with Gasteiger partial charge in [-0.1, -0.05) is 41.9 Å². The maximum atomic E-state index is 12.6. The van der Waals surface area contributed by atoms with Crippen molar-refractivity contribution >= 4 is 48.8 Å². The first kappa shape index (κ1) is 17.9. The Labute approximate surface area is 155 Å². The van der Waals surface area contributed by atoms with Crippen molar-refractivity contribution in [3.8, 4) is 0 Å². The number of hydrogen-bond acceptors (Lipinski definition) is 4. The number of carbonyl (C=O) groups excluding carboxylic acids is 1. The summed E-state index contributed by atoms with van der Waals surface area (Å²) in [6, 6.07) is 13.8. The van der Waals surface area contributed by atoms with Gasteiger partial charge in [-0.15, -0.1) is 11.3 Å². The Balaban J connectivity index is 1.81. The molecule has 0 radical (unpaired) electrons. The number of hydrogen-bond donors (Lipinski definition) is 1. The van der Waals surface area contributed by atoms with Crippen molar-refractivity contribution in [3.05, 3.63) is 64.0 Å². The molecule has 1 atom stereocenters. The van der Waals surface area contributed by atoms with Gasteiger partial charge in [0.2, 0.25) is 0 Å². The second-order valence-electron chi connectivity index (χ2n) is 5.78. The number of carbonyl (C=O) groups is 1. The van der Waals surface area contributed by atoms with Gasteiger partial charge < -0.3 is 5.32 Å². The molecule has 0 aliphatic rings. The molecule has 1 N–H and O–H groups in total. The number of nitrogens with one attached hydrogen (secondary N) is 1. The first-order valence-electron chi connectivity index (χ1n) is 7.55. The Hall–Kier alpha value is -1.89. The van der Waals surface area contributed by atoms with E-state index in [1.54, 1.807) is 24.3 Å². The van der Waals surface area contributed by atoms with Gasteiger partial charge in [0.25, 0.3) is 5.91 Å². The second-order valence-corrected chi connectivity index (χ2v) is 9.22. The number of halogens is 1. The molecule has 3 aromatic rings. The molecule has 0 aliphatic carbocycles. The standard InChI is InChI=1S/C18H16ClNO3S2/c1-11(12-7-9-13(10-8-12)25(2,22)23)20-18(21)17-16(19)14-5-3-4-6-15(14)24-17/h3-11H,1-2H3,(H,20,21). The van der Waals surface area contributed by atoms with Crippen LogP contribution in [-0.4, -0.2) is 20.6 Å². The van der Waals surface area contributed by atoms with Crippen LogP contribution in [0.3, 0.4) is 0 Å². The molecule has 25 heavy (non-hydrogen) atoms. The first-order valence-corrected chi connectivity index (χ1v) is 10.6. The fourth-order valence-electron chi connectivity index (χ4n) is 2.51. The molecular weight excluding hydrogens is 378 g/mol. The highest BCUT2D eigenvalue weighted by molar-refractivity contribution is 7.90. The van der Waals surface area contributed by atoms with Crippen molar-refractivity contribution in [1.82, 2.24) is 5.32 Å². The Morgan fingerprint density at radius 3 is 2.36 bits per heavy atom. The van der Waals surface area contributed by atoms with Crippen molar-refractivity contribution in [2.24, 2.45) is 0 Å². The van der Waals surface area contributed by atoms with Crippen LogP contribution in [0.5, 0.6) is 0 Å². The van der Waals surface area contributed by atoms with Crippen LogP contribution >= 0.6 is 22.9 Å². The normalized spacial score (nSPS) is 12.9. The molecule has 0 aliphatic heterocycles. The van der Waals surface area contributed by atoms with Crippen LogP contribution in [0.4, 0.5) is 0 Å². The Morgan fingerprint density at radius 1 is 1.12 bits per heavy atom. The number of fused-ring (bicyclic) bond motifs is 1. The van der Waals surface area contributed by atoms with Gasteiger partial charge in [-0.25, -0.2) is 8.42 Å². The van der Waals surface area contributed by atoms with Crippen molar-refractivity contribution in [1.29, 1.82) is 0 Å². The minimum atomic E-state index is -3.23. The molecule has 0 spiro atoms. The van der Waals surface area contributed by atoms with Crippen LogP contribution in [0.15, 0.2) is 53.4 Å². The fourth-order valence-corrected chi connectivity index (χ4v) is 4.56. The van der Waals surface area contributed by atoms with Crippen LogP contribution in [0.1, 0.15) is 28.2 Å². The molecule has 4 nitrogen and oxygen atoms in total. The first-order chi connectivity index (χ1) is 11.8. The number of sulfone groups is 1. The van der Waals surface area contributed by atoms with Crippen LogP contribution in [0, 0.1) is 0 Å². The monoisotopic (exact) mass is 393 g/mol. The number of rotatable bonds is 4. The van der Waals surface area contributed by atoms with E-state index >= 15 is 0 Å². The Kier molecular flexibility index (Phi) is 4.86. The topological polar surface area (TPSA) is 63.2 Å². The summed E-state index contributed by atoms with van der Waals surface area (Å²) >= 11 is 7.69. The average Bonchev–Trinajstić information content (AvgIpc) is 2.91. The molecule has 2 aromatic carbocycles. The smallest absolute Gasteiger partial charge is 0.263 e. The summed E-state index contributed by atoms with van der Waals surface area (Å²) in [5, 5.41) is 4.23. The molecule has 0 bridgehead atoms. The third-order valence-electron chi connectivity index (χ3n) is 3.90. The molecule has 130 valence electrons. The molecule has 1 heterocycles. The lowest BCUT2D eigenvalue weighted by atomic mass is 10.1. The lowest BCUT2D eigenvalue weighted by Crippen LogP contribution is -2.26. The number of thiophene rings is 1. The molecule has 0 saturated heterocycles. The SMILES string of the molecule is CC(NC(=O)c1sc2ccccc2c1Cl)c1ccc(S(C)(=O)=O)cc1. The maximum absolute atomic E-state index is 12.6. The Bertz CT molecular complexity index is 1040. The number of amides is 1. The van der Waals surface area contributed by atoms with E-state index in [9.17, 15) is 13.2 Å². The highest BCUT2D eigenvalue weighted by Gasteiger charge is 2.19. The molecule has 1 unspecified atom stereocenters. The fraction of sp³-hybridized carbons (Fsp3) is 0.167. The second kappa shape index (κ2) is 6.78. The molecule has 0 fully saturated rings. The van der Waals surface area contributed by atoms with E-state index in [1.807, 2.05) is 31.2 Å². The quantitative estimate of drug-likeness (QED) is 0.712. The van der Waals surface area contributed by atoms with Crippen molar-refractivity contribution in [3.63, 3.8) is 0 Å². The number of benzene rings is 2. The molecule has 0 saturated carbocycles.